The maximum atomic E-state index is 13.0. The molecule has 0 fully saturated rings. The predicted octanol–water partition coefficient (Wildman–Crippen LogP) is 0.869. The Bertz CT molecular complexity index is 856. The summed E-state index contributed by atoms with van der Waals surface area (Å²) in [6.45, 7) is 2.48. The number of amides is 2. The minimum atomic E-state index is -0.267. The van der Waals surface area contributed by atoms with Crippen molar-refractivity contribution in [3.05, 3.63) is 59.5 Å². The van der Waals surface area contributed by atoms with Gasteiger partial charge in [-0.15, -0.1) is 0 Å². The average molecular weight is 383 g/mol. The lowest BCUT2D eigenvalue weighted by atomic mass is 10.0. The van der Waals surface area contributed by atoms with Crippen LogP contribution in [0, 0.1) is 6.92 Å². The molecule has 2 atom stereocenters. The van der Waals surface area contributed by atoms with E-state index in [9.17, 15) is 9.59 Å². The van der Waals surface area contributed by atoms with Crippen molar-refractivity contribution in [2.45, 2.75) is 19.4 Å². The van der Waals surface area contributed by atoms with Gasteiger partial charge in [0.25, 0.3) is 11.8 Å². The van der Waals surface area contributed by atoms with Gasteiger partial charge in [0.1, 0.15) is 11.8 Å². The number of nitrogens with one attached hydrogen (secondary N) is 1. The Hall–Kier alpha value is -2.93. The maximum Gasteiger partial charge on any atom is 0.298 e. The average Bonchev–Trinajstić information content (AvgIpc) is 3.31. The third-order valence-corrected chi connectivity index (χ3v) is 4.83. The van der Waals surface area contributed by atoms with Gasteiger partial charge in [-0.05, 0) is 24.6 Å². The lowest BCUT2D eigenvalue weighted by Gasteiger charge is -2.22. The first-order valence-corrected chi connectivity index (χ1v) is 9.36. The summed E-state index contributed by atoms with van der Waals surface area (Å²) in [5.74, 6) is 0.562. The summed E-state index contributed by atoms with van der Waals surface area (Å²) in [6, 6.07) is 11.5. The van der Waals surface area contributed by atoms with Crippen molar-refractivity contribution < 1.29 is 18.9 Å². The van der Waals surface area contributed by atoms with Gasteiger partial charge in [0.05, 0.1) is 19.0 Å². The smallest absolute Gasteiger partial charge is 0.298 e. The van der Waals surface area contributed by atoms with Crippen molar-refractivity contribution in [2.75, 3.05) is 34.2 Å². The van der Waals surface area contributed by atoms with Crippen molar-refractivity contribution in [1.82, 2.24) is 9.91 Å². The Morgan fingerprint density at radius 2 is 1.93 bits per heavy atom. The molecule has 2 heterocycles. The Morgan fingerprint density at radius 3 is 2.54 bits per heavy atom. The topological polar surface area (TPSA) is 70.6 Å². The molecule has 7 nitrogen and oxygen atoms in total. The van der Waals surface area contributed by atoms with E-state index in [4.69, 9.17) is 4.42 Å². The van der Waals surface area contributed by atoms with Crippen molar-refractivity contribution in [1.29, 1.82) is 0 Å². The monoisotopic (exact) mass is 383 g/mol. The maximum absolute atomic E-state index is 13.0. The summed E-state index contributed by atoms with van der Waals surface area (Å²) in [5, 5.41) is 6.14. The Labute approximate surface area is 165 Å². The van der Waals surface area contributed by atoms with E-state index in [0.29, 0.717) is 12.2 Å². The van der Waals surface area contributed by atoms with E-state index < -0.39 is 0 Å². The van der Waals surface area contributed by atoms with Crippen LogP contribution in [0.1, 0.15) is 29.3 Å². The van der Waals surface area contributed by atoms with Gasteiger partial charge in [-0.25, -0.2) is 5.01 Å². The fourth-order valence-electron chi connectivity index (χ4n) is 3.18. The summed E-state index contributed by atoms with van der Waals surface area (Å²) in [7, 11) is 5.26. The highest BCUT2D eigenvalue weighted by molar-refractivity contribution is 6.03. The van der Waals surface area contributed by atoms with Crippen LogP contribution in [0.3, 0.4) is 0 Å². The molecule has 0 radical (unpaired) electrons. The SMILES string of the molecule is Cc1ccc(C2=NN(C(=O)C[NH+](C)CC(=O)N(C)C)[C@H](c3ccco3)C2)cc1. The number of rotatable bonds is 6. The number of quaternary nitrogens is 1. The Kier molecular flexibility index (Phi) is 5.94. The van der Waals surface area contributed by atoms with Gasteiger partial charge in [0.15, 0.2) is 13.1 Å². The first-order valence-electron chi connectivity index (χ1n) is 9.36. The van der Waals surface area contributed by atoms with Crippen LogP contribution in [0.4, 0.5) is 0 Å². The highest BCUT2D eigenvalue weighted by Crippen LogP contribution is 2.32. The number of aryl methyl sites for hydroxylation is 1. The molecule has 1 aliphatic heterocycles. The summed E-state index contributed by atoms with van der Waals surface area (Å²) < 4.78 is 5.57. The first kappa shape index (κ1) is 19.8. The van der Waals surface area contributed by atoms with Gasteiger partial charge in [-0.2, -0.15) is 5.10 Å². The van der Waals surface area contributed by atoms with Crippen LogP contribution in [0.25, 0.3) is 0 Å². The fraction of sp³-hybridized carbons (Fsp3) is 0.381. The minimum Gasteiger partial charge on any atom is -0.467 e. The molecule has 0 bridgehead atoms. The molecule has 2 amide bonds. The van der Waals surface area contributed by atoms with Crippen LogP contribution in [0.15, 0.2) is 52.2 Å². The molecule has 1 N–H and O–H groups in total. The van der Waals surface area contributed by atoms with Crippen LogP contribution < -0.4 is 4.90 Å². The zero-order chi connectivity index (χ0) is 20.3. The molecule has 0 aliphatic carbocycles. The minimum absolute atomic E-state index is 0.0156. The molecule has 2 aromatic rings. The van der Waals surface area contributed by atoms with Crippen molar-refractivity contribution in [3.63, 3.8) is 0 Å². The summed E-state index contributed by atoms with van der Waals surface area (Å²) in [5.41, 5.74) is 3.03. The number of hydrogen-bond acceptors (Lipinski definition) is 4. The van der Waals surface area contributed by atoms with Crippen molar-refractivity contribution in [2.24, 2.45) is 5.10 Å². The van der Waals surface area contributed by atoms with Crippen LogP contribution in [-0.2, 0) is 9.59 Å². The van der Waals surface area contributed by atoms with Crippen molar-refractivity contribution >= 4 is 17.5 Å². The van der Waals surface area contributed by atoms with E-state index >= 15 is 0 Å². The van der Waals surface area contributed by atoms with E-state index in [1.54, 1.807) is 20.4 Å². The van der Waals surface area contributed by atoms with Crippen molar-refractivity contribution in [3.8, 4) is 0 Å². The molecular formula is C21H27N4O3+. The van der Waals surface area contributed by atoms with Crippen LogP contribution in [-0.4, -0.2) is 61.7 Å². The zero-order valence-electron chi connectivity index (χ0n) is 16.8. The van der Waals surface area contributed by atoms with Gasteiger partial charge in [0, 0.05) is 20.5 Å². The number of furan rings is 1. The molecule has 28 heavy (non-hydrogen) atoms. The molecule has 0 spiro atoms. The van der Waals surface area contributed by atoms with Gasteiger partial charge in [-0.1, -0.05) is 29.8 Å². The number of benzene rings is 1. The van der Waals surface area contributed by atoms with Gasteiger partial charge in [-0.3, -0.25) is 9.59 Å². The van der Waals surface area contributed by atoms with Crippen LogP contribution in [0.5, 0.6) is 0 Å². The van der Waals surface area contributed by atoms with E-state index in [-0.39, 0.29) is 30.9 Å². The summed E-state index contributed by atoms with van der Waals surface area (Å²) in [6.07, 6.45) is 2.20. The Balaban J connectivity index is 1.78. The quantitative estimate of drug-likeness (QED) is 0.805. The highest BCUT2D eigenvalue weighted by atomic mass is 16.3. The second-order valence-electron chi connectivity index (χ2n) is 7.49. The molecule has 1 aromatic heterocycles. The van der Waals surface area contributed by atoms with E-state index in [2.05, 4.69) is 5.10 Å². The van der Waals surface area contributed by atoms with Crippen LogP contribution in [0.2, 0.25) is 0 Å². The van der Waals surface area contributed by atoms with Crippen LogP contribution >= 0.6 is 0 Å². The molecule has 3 rings (SSSR count). The molecular weight excluding hydrogens is 356 g/mol. The first-order chi connectivity index (χ1) is 13.3. The third-order valence-electron chi connectivity index (χ3n) is 4.83. The zero-order valence-corrected chi connectivity index (χ0v) is 16.8. The number of hydrogen-bond donors (Lipinski definition) is 1. The number of carbonyl (C=O) groups excluding carboxylic acids is 2. The molecule has 7 heteroatoms. The van der Waals surface area contributed by atoms with Gasteiger partial charge >= 0.3 is 0 Å². The lowest BCUT2D eigenvalue weighted by Crippen LogP contribution is -3.11. The second kappa shape index (κ2) is 8.39. The highest BCUT2D eigenvalue weighted by Gasteiger charge is 2.36. The number of hydrazone groups is 1. The van der Waals surface area contributed by atoms with Gasteiger partial charge in [0.2, 0.25) is 0 Å². The molecule has 1 aromatic carbocycles. The standard InChI is InChI=1S/C21H26N4O3/c1-15-7-9-16(10-8-15)17-12-18(19-6-5-11-28-19)25(22-17)21(27)14-24(4)13-20(26)23(2)3/h5-11,18H,12-14H2,1-4H3/p+1/t18-/m0/s1. The number of likely N-dealkylation sites (N-methyl/N-ethyl adjacent to an activating group) is 2. The summed E-state index contributed by atoms with van der Waals surface area (Å²) in [4.78, 5) is 27.2. The number of nitrogens with zero attached hydrogens (tertiary/aromatic N) is 3. The second-order valence-corrected chi connectivity index (χ2v) is 7.49. The molecule has 148 valence electrons. The van der Waals surface area contributed by atoms with E-state index in [1.165, 1.54) is 15.5 Å². The predicted molar refractivity (Wildman–Crippen MR) is 106 cm³/mol. The fourth-order valence-corrected chi connectivity index (χ4v) is 3.18. The molecule has 1 aliphatic rings. The largest absolute Gasteiger partial charge is 0.467 e. The third kappa shape index (κ3) is 4.48. The normalized spacial score (nSPS) is 17.4. The lowest BCUT2D eigenvalue weighted by molar-refractivity contribution is -0.863. The molecule has 0 saturated heterocycles. The number of carbonyl (C=O) groups is 2. The van der Waals surface area contributed by atoms with E-state index in [1.807, 2.05) is 50.4 Å². The summed E-state index contributed by atoms with van der Waals surface area (Å²) >= 11 is 0. The molecule has 1 unspecified atom stereocenters. The molecule has 0 saturated carbocycles. The Morgan fingerprint density at radius 1 is 1.21 bits per heavy atom. The van der Waals surface area contributed by atoms with E-state index in [0.717, 1.165) is 16.2 Å². The van der Waals surface area contributed by atoms with Gasteiger partial charge < -0.3 is 14.2 Å².